The van der Waals surface area contributed by atoms with E-state index in [9.17, 15) is 18.3 Å². The maximum Gasteiger partial charge on any atom is 0.389 e. The molecule has 0 aromatic heterocycles. The number of aliphatic hydroxyl groups is 1. The standard InChI is InChI=1S/C14H25F3O/c1-12(2,3)11-7-4-5-8-13(11,18)9-6-10-14(15,16)17/h11,18H,4-10H2,1-3H3. The van der Waals surface area contributed by atoms with Crippen molar-refractivity contribution in [3.8, 4) is 0 Å². The Morgan fingerprint density at radius 3 is 2.28 bits per heavy atom. The van der Waals surface area contributed by atoms with Gasteiger partial charge in [-0.1, -0.05) is 33.6 Å². The molecule has 0 heterocycles. The predicted molar refractivity (Wildman–Crippen MR) is 66.3 cm³/mol. The van der Waals surface area contributed by atoms with E-state index in [1.807, 2.05) is 0 Å². The first kappa shape index (κ1) is 15.8. The molecule has 1 fully saturated rings. The van der Waals surface area contributed by atoms with Gasteiger partial charge in [0.15, 0.2) is 0 Å². The molecule has 1 aliphatic carbocycles. The normalized spacial score (nSPS) is 30.5. The summed E-state index contributed by atoms with van der Waals surface area (Å²) in [5.41, 5.74) is -0.949. The molecule has 0 aromatic rings. The van der Waals surface area contributed by atoms with Crippen LogP contribution in [0.5, 0.6) is 0 Å². The summed E-state index contributed by atoms with van der Waals surface area (Å²) in [6, 6.07) is 0. The molecule has 1 rings (SSSR count). The van der Waals surface area contributed by atoms with Gasteiger partial charge in [0, 0.05) is 6.42 Å². The van der Waals surface area contributed by atoms with Gasteiger partial charge >= 0.3 is 6.18 Å². The van der Waals surface area contributed by atoms with Crippen molar-refractivity contribution < 1.29 is 18.3 Å². The molecule has 1 aliphatic rings. The van der Waals surface area contributed by atoms with E-state index >= 15 is 0 Å². The fraction of sp³-hybridized carbons (Fsp3) is 1.00. The molecule has 1 saturated carbocycles. The first-order valence-electron chi connectivity index (χ1n) is 6.84. The summed E-state index contributed by atoms with van der Waals surface area (Å²) in [6.07, 6.45) is -1.02. The van der Waals surface area contributed by atoms with E-state index < -0.39 is 18.2 Å². The van der Waals surface area contributed by atoms with Crippen molar-refractivity contribution in [2.75, 3.05) is 0 Å². The Morgan fingerprint density at radius 2 is 1.78 bits per heavy atom. The van der Waals surface area contributed by atoms with Crippen molar-refractivity contribution in [2.45, 2.75) is 77.5 Å². The summed E-state index contributed by atoms with van der Waals surface area (Å²) in [5, 5.41) is 10.7. The van der Waals surface area contributed by atoms with Crippen molar-refractivity contribution in [2.24, 2.45) is 11.3 Å². The summed E-state index contributed by atoms with van der Waals surface area (Å²) in [5.74, 6) is 0.104. The lowest BCUT2D eigenvalue weighted by Crippen LogP contribution is -2.46. The number of hydrogen-bond acceptors (Lipinski definition) is 1. The van der Waals surface area contributed by atoms with Gasteiger partial charge in [0.2, 0.25) is 0 Å². The molecule has 1 nitrogen and oxygen atoms in total. The van der Waals surface area contributed by atoms with Crippen LogP contribution < -0.4 is 0 Å². The number of hydrogen-bond donors (Lipinski definition) is 1. The van der Waals surface area contributed by atoms with E-state index in [0.717, 1.165) is 19.3 Å². The lowest BCUT2D eigenvalue weighted by atomic mass is 9.62. The minimum absolute atomic E-state index is 0.0343. The van der Waals surface area contributed by atoms with Crippen LogP contribution in [0.25, 0.3) is 0 Å². The maximum absolute atomic E-state index is 12.2. The lowest BCUT2D eigenvalue weighted by Gasteiger charge is -2.47. The zero-order chi connectivity index (χ0) is 14.0. The summed E-state index contributed by atoms with van der Waals surface area (Å²) in [4.78, 5) is 0. The summed E-state index contributed by atoms with van der Waals surface area (Å²) in [6.45, 7) is 6.20. The van der Waals surface area contributed by atoms with Gasteiger partial charge in [0.25, 0.3) is 0 Å². The molecule has 18 heavy (non-hydrogen) atoms. The minimum Gasteiger partial charge on any atom is -0.390 e. The average molecular weight is 266 g/mol. The van der Waals surface area contributed by atoms with Crippen LogP contribution >= 0.6 is 0 Å². The molecule has 4 heteroatoms. The van der Waals surface area contributed by atoms with Crippen molar-refractivity contribution in [1.29, 1.82) is 0 Å². The van der Waals surface area contributed by atoms with E-state index in [4.69, 9.17) is 0 Å². The van der Waals surface area contributed by atoms with Crippen LogP contribution in [0, 0.1) is 11.3 Å². The third-order valence-corrected chi connectivity index (χ3v) is 4.12. The first-order valence-corrected chi connectivity index (χ1v) is 6.84. The van der Waals surface area contributed by atoms with Crippen LogP contribution in [0.15, 0.2) is 0 Å². The van der Waals surface area contributed by atoms with Crippen molar-refractivity contribution >= 4 is 0 Å². The first-order chi connectivity index (χ1) is 8.05. The van der Waals surface area contributed by atoms with Gasteiger partial charge in [-0.05, 0) is 37.0 Å². The summed E-state index contributed by atoms with van der Waals surface area (Å²) < 4.78 is 36.6. The van der Waals surface area contributed by atoms with Crippen LogP contribution in [0.2, 0.25) is 0 Å². The highest BCUT2D eigenvalue weighted by atomic mass is 19.4. The topological polar surface area (TPSA) is 20.2 Å². The quantitative estimate of drug-likeness (QED) is 0.786. The highest BCUT2D eigenvalue weighted by molar-refractivity contribution is 4.95. The van der Waals surface area contributed by atoms with E-state index in [-0.39, 0.29) is 24.2 Å². The third kappa shape index (κ3) is 4.45. The average Bonchev–Trinajstić information content (AvgIpc) is 2.13. The van der Waals surface area contributed by atoms with E-state index in [2.05, 4.69) is 20.8 Å². The molecule has 0 aliphatic heterocycles. The van der Waals surface area contributed by atoms with Crippen LogP contribution in [-0.2, 0) is 0 Å². The van der Waals surface area contributed by atoms with Gasteiger partial charge in [0.05, 0.1) is 5.60 Å². The smallest absolute Gasteiger partial charge is 0.389 e. The van der Waals surface area contributed by atoms with Crippen LogP contribution in [0.4, 0.5) is 13.2 Å². The number of halogens is 3. The third-order valence-electron chi connectivity index (χ3n) is 4.12. The second-order valence-electron chi connectivity index (χ2n) is 6.74. The Labute approximate surface area is 108 Å². The molecule has 0 spiro atoms. The Kier molecular flexibility index (Phi) is 4.74. The predicted octanol–water partition coefficient (Wildman–Crippen LogP) is 4.69. The number of rotatable bonds is 3. The number of alkyl halides is 3. The van der Waals surface area contributed by atoms with Crippen molar-refractivity contribution in [3.63, 3.8) is 0 Å². The highest BCUT2D eigenvalue weighted by Crippen LogP contribution is 2.46. The van der Waals surface area contributed by atoms with E-state index in [1.165, 1.54) is 0 Å². The molecule has 0 saturated heterocycles. The Hall–Kier alpha value is -0.250. The molecule has 2 atom stereocenters. The Morgan fingerprint density at radius 1 is 1.17 bits per heavy atom. The second-order valence-corrected chi connectivity index (χ2v) is 6.74. The molecule has 108 valence electrons. The van der Waals surface area contributed by atoms with Crippen molar-refractivity contribution in [1.82, 2.24) is 0 Å². The van der Waals surface area contributed by atoms with Gasteiger partial charge in [0.1, 0.15) is 0 Å². The molecule has 1 N–H and O–H groups in total. The molecule has 0 bridgehead atoms. The SMILES string of the molecule is CC(C)(C)C1CCCCC1(O)CCCC(F)(F)F. The Balaban J connectivity index is 2.63. The lowest BCUT2D eigenvalue weighted by molar-refractivity contribution is -0.143. The molecular weight excluding hydrogens is 241 g/mol. The van der Waals surface area contributed by atoms with Crippen LogP contribution in [0.3, 0.4) is 0 Å². The van der Waals surface area contributed by atoms with Crippen molar-refractivity contribution in [3.05, 3.63) is 0 Å². The molecular formula is C14H25F3O. The molecule has 2 unspecified atom stereocenters. The zero-order valence-corrected chi connectivity index (χ0v) is 11.6. The summed E-state index contributed by atoms with van der Waals surface area (Å²) >= 11 is 0. The zero-order valence-electron chi connectivity index (χ0n) is 11.6. The fourth-order valence-corrected chi connectivity index (χ4v) is 3.36. The van der Waals surface area contributed by atoms with E-state index in [1.54, 1.807) is 0 Å². The second kappa shape index (κ2) is 5.40. The monoisotopic (exact) mass is 266 g/mol. The Bertz CT molecular complexity index is 267. The molecule has 0 aromatic carbocycles. The van der Waals surface area contributed by atoms with Gasteiger partial charge < -0.3 is 5.11 Å². The van der Waals surface area contributed by atoms with Gasteiger partial charge in [-0.2, -0.15) is 13.2 Å². The highest BCUT2D eigenvalue weighted by Gasteiger charge is 2.44. The minimum atomic E-state index is -4.11. The van der Waals surface area contributed by atoms with Gasteiger partial charge in [-0.25, -0.2) is 0 Å². The molecule has 0 radical (unpaired) electrons. The van der Waals surface area contributed by atoms with Crippen LogP contribution in [-0.4, -0.2) is 16.9 Å². The van der Waals surface area contributed by atoms with E-state index in [0.29, 0.717) is 6.42 Å². The largest absolute Gasteiger partial charge is 0.390 e. The molecule has 0 amide bonds. The summed E-state index contributed by atoms with van der Waals surface area (Å²) in [7, 11) is 0. The maximum atomic E-state index is 12.2. The fourth-order valence-electron chi connectivity index (χ4n) is 3.36. The van der Waals surface area contributed by atoms with Crippen LogP contribution in [0.1, 0.15) is 65.7 Å². The van der Waals surface area contributed by atoms with Gasteiger partial charge in [-0.3, -0.25) is 0 Å². The van der Waals surface area contributed by atoms with Gasteiger partial charge in [-0.15, -0.1) is 0 Å².